The maximum absolute atomic E-state index is 12.9. The van der Waals surface area contributed by atoms with Gasteiger partial charge in [-0.1, -0.05) is 12.0 Å². The number of allylic oxidation sites excluding steroid dienone is 2. The highest BCUT2D eigenvalue weighted by atomic mass is 16.5. The molecule has 0 radical (unpaired) electrons. The summed E-state index contributed by atoms with van der Waals surface area (Å²) in [7, 11) is 0. The van der Waals surface area contributed by atoms with Gasteiger partial charge in [0.2, 0.25) is 11.8 Å². The number of nitrogens with one attached hydrogen (secondary N) is 2. The van der Waals surface area contributed by atoms with Gasteiger partial charge in [0.15, 0.2) is 0 Å². The second kappa shape index (κ2) is 10.0. The van der Waals surface area contributed by atoms with Crippen LogP contribution in [-0.4, -0.2) is 53.9 Å². The predicted octanol–water partition coefficient (Wildman–Crippen LogP) is 2.88. The Morgan fingerprint density at radius 2 is 2.00 bits per heavy atom. The summed E-state index contributed by atoms with van der Waals surface area (Å²) in [4.78, 5) is 38.3. The number of imide groups is 1. The van der Waals surface area contributed by atoms with Crippen LogP contribution in [0.15, 0.2) is 35.1 Å². The third-order valence-corrected chi connectivity index (χ3v) is 6.98. The lowest BCUT2D eigenvalue weighted by Gasteiger charge is -2.34. The lowest BCUT2D eigenvalue weighted by atomic mass is 9.91. The largest absolute Gasteiger partial charge is 0.493 e. The second-order valence-corrected chi connectivity index (χ2v) is 9.58. The van der Waals surface area contributed by atoms with Crippen LogP contribution in [0.5, 0.6) is 0 Å². The number of amides is 3. The van der Waals surface area contributed by atoms with Crippen LogP contribution in [0.3, 0.4) is 0 Å². The molecule has 3 atom stereocenters. The number of piperidine rings is 1. The standard InChI is InChI=1S/C25H35N3O4/c1-16(2)6-5-13-26-20-7-3-4-8-22(20)32-18-9-10-19-17(14-18)15-28(25(19)31)21-11-12-23(29)27-24(21)30/h14,20-22,26H,1,3-13,15H2,2H3,(H,27,29,30). The summed E-state index contributed by atoms with van der Waals surface area (Å²) in [5.41, 5.74) is 2.97. The van der Waals surface area contributed by atoms with Crippen LogP contribution < -0.4 is 10.6 Å². The maximum Gasteiger partial charge on any atom is 0.251 e. The van der Waals surface area contributed by atoms with Crippen molar-refractivity contribution in [2.45, 2.75) is 89.3 Å². The van der Waals surface area contributed by atoms with E-state index in [-0.39, 0.29) is 30.2 Å². The molecule has 2 aliphatic carbocycles. The van der Waals surface area contributed by atoms with E-state index in [1.54, 1.807) is 4.90 Å². The maximum atomic E-state index is 12.9. The van der Waals surface area contributed by atoms with Crippen LogP contribution in [0, 0.1) is 0 Å². The molecule has 4 aliphatic rings. The average molecular weight is 442 g/mol. The van der Waals surface area contributed by atoms with Crippen LogP contribution in [0.2, 0.25) is 0 Å². The quantitative estimate of drug-likeness (QED) is 0.344. The molecule has 0 aromatic carbocycles. The Hall–Kier alpha value is -2.41. The smallest absolute Gasteiger partial charge is 0.251 e. The van der Waals surface area contributed by atoms with E-state index in [4.69, 9.17) is 4.74 Å². The van der Waals surface area contributed by atoms with Crippen molar-refractivity contribution in [3.63, 3.8) is 0 Å². The molecule has 0 aromatic heterocycles. The fraction of sp³-hybridized carbons (Fsp3) is 0.640. The van der Waals surface area contributed by atoms with Crippen molar-refractivity contribution in [3.8, 4) is 0 Å². The summed E-state index contributed by atoms with van der Waals surface area (Å²) < 4.78 is 6.48. The first kappa shape index (κ1) is 22.8. The number of rotatable bonds is 8. The van der Waals surface area contributed by atoms with Gasteiger partial charge in [0.1, 0.15) is 12.1 Å². The molecule has 3 amide bonds. The third kappa shape index (κ3) is 5.14. The number of nitrogens with zero attached hydrogens (tertiary/aromatic N) is 1. The van der Waals surface area contributed by atoms with Gasteiger partial charge in [0.05, 0.1) is 5.76 Å². The summed E-state index contributed by atoms with van der Waals surface area (Å²) >= 11 is 0. The zero-order chi connectivity index (χ0) is 22.7. The molecule has 32 heavy (non-hydrogen) atoms. The zero-order valence-electron chi connectivity index (χ0n) is 19.1. The fourth-order valence-electron chi connectivity index (χ4n) is 5.24. The Kier molecular flexibility index (Phi) is 7.13. The summed E-state index contributed by atoms with van der Waals surface area (Å²) in [5, 5.41) is 6.05. The SMILES string of the molecule is C=C(C)CCCNC1CCCCC1OC1=CC2=C(CC1)C(=O)N(C1CCC(=O)NC1=O)C2. The van der Waals surface area contributed by atoms with Crippen molar-refractivity contribution < 1.29 is 19.1 Å². The second-order valence-electron chi connectivity index (χ2n) is 9.58. The minimum absolute atomic E-state index is 0.0699. The first-order valence-corrected chi connectivity index (χ1v) is 12.0. The van der Waals surface area contributed by atoms with E-state index < -0.39 is 6.04 Å². The van der Waals surface area contributed by atoms with Crippen molar-refractivity contribution in [1.82, 2.24) is 15.5 Å². The molecule has 2 heterocycles. The van der Waals surface area contributed by atoms with Crippen LogP contribution >= 0.6 is 0 Å². The molecule has 3 unspecified atom stereocenters. The predicted molar refractivity (Wildman–Crippen MR) is 121 cm³/mol. The molecule has 0 aromatic rings. The summed E-state index contributed by atoms with van der Waals surface area (Å²) in [6.07, 6.45) is 10.9. The molecule has 1 saturated heterocycles. The molecule has 174 valence electrons. The monoisotopic (exact) mass is 441 g/mol. The van der Waals surface area contributed by atoms with E-state index in [2.05, 4.69) is 24.1 Å². The molecule has 4 rings (SSSR count). The molecule has 7 nitrogen and oxygen atoms in total. The Labute approximate surface area is 190 Å². The van der Waals surface area contributed by atoms with Gasteiger partial charge in [-0.25, -0.2) is 0 Å². The van der Waals surface area contributed by atoms with Gasteiger partial charge in [0, 0.05) is 31.0 Å². The number of hydrogen-bond acceptors (Lipinski definition) is 5. The van der Waals surface area contributed by atoms with Crippen LogP contribution in [0.1, 0.15) is 71.1 Å². The van der Waals surface area contributed by atoms with Crippen molar-refractivity contribution in [3.05, 3.63) is 35.1 Å². The third-order valence-electron chi connectivity index (χ3n) is 6.98. The van der Waals surface area contributed by atoms with E-state index in [9.17, 15) is 14.4 Å². The van der Waals surface area contributed by atoms with Gasteiger partial charge >= 0.3 is 0 Å². The Morgan fingerprint density at radius 1 is 1.19 bits per heavy atom. The number of hydrogen-bond donors (Lipinski definition) is 2. The van der Waals surface area contributed by atoms with E-state index in [1.165, 1.54) is 18.4 Å². The number of carbonyl (C=O) groups is 3. The molecule has 7 heteroatoms. The van der Waals surface area contributed by atoms with Crippen LogP contribution in [0.4, 0.5) is 0 Å². The normalized spacial score (nSPS) is 28.4. The van der Waals surface area contributed by atoms with Gasteiger partial charge < -0.3 is 15.0 Å². The van der Waals surface area contributed by atoms with Crippen LogP contribution in [-0.2, 0) is 19.1 Å². The first-order valence-electron chi connectivity index (χ1n) is 12.0. The highest BCUT2D eigenvalue weighted by Crippen LogP contribution is 2.35. The van der Waals surface area contributed by atoms with Gasteiger partial charge in [-0.15, -0.1) is 6.58 Å². The lowest BCUT2D eigenvalue weighted by Crippen LogP contribution is -2.53. The molecule has 2 N–H and O–H groups in total. The summed E-state index contributed by atoms with van der Waals surface area (Å²) in [6, 6.07) is -0.204. The van der Waals surface area contributed by atoms with Crippen molar-refractivity contribution in [2.24, 2.45) is 0 Å². The van der Waals surface area contributed by atoms with E-state index in [0.29, 0.717) is 31.8 Å². The van der Waals surface area contributed by atoms with E-state index in [0.717, 1.165) is 49.1 Å². The average Bonchev–Trinajstić information content (AvgIpc) is 3.08. The highest BCUT2D eigenvalue weighted by molar-refractivity contribution is 6.05. The van der Waals surface area contributed by atoms with E-state index >= 15 is 0 Å². The number of carbonyl (C=O) groups excluding carboxylic acids is 3. The molecular weight excluding hydrogens is 406 g/mol. The Bertz CT molecular complexity index is 859. The topological polar surface area (TPSA) is 87.7 Å². The minimum Gasteiger partial charge on any atom is -0.493 e. The van der Waals surface area contributed by atoms with Crippen molar-refractivity contribution in [1.29, 1.82) is 0 Å². The lowest BCUT2D eigenvalue weighted by molar-refractivity contribution is -0.142. The molecular formula is C25H35N3O4. The highest BCUT2D eigenvalue weighted by Gasteiger charge is 2.41. The first-order chi connectivity index (χ1) is 15.4. The summed E-state index contributed by atoms with van der Waals surface area (Å²) in [5.74, 6) is 0.251. The zero-order valence-corrected chi connectivity index (χ0v) is 19.1. The molecule has 2 fully saturated rings. The van der Waals surface area contributed by atoms with Gasteiger partial charge in [0.25, 0.3) is 5.91 Å². The molecule has 0 bridgehead atoms. The van der Waals surface area contributed by atoms with Crippen molar-refractivity contribution in [2.75, 3.05) is 13.1 Å². The van der Waals surface area contributed by atoms with Gasteiger partial charge in [-0.05, 0) is 70.1 Å². The fourth-order valence-corrected chi connectivity index (χ4v) is 5.24. The van der Waals surface area contributed by atoms with Crippen LogP contribution in [0.25, 0.3) is 0 Å². The summed E-state index contributed by atoms with van der Waals surface area (Å²) in [6.45, 7) is 7.44. The molecule has 2 aliphatic heterocycles. The Balaban J connectivity index is 1.36. The van der Waals surface area contributed by atoms with Gasteiger partial charge in [-0.3, -0.25) is 19.7 Å². The number of ether oxygens (including phenoxy) is 1. The molecule has 0 spiro atoms. The minimum atomic E-state index is -0.560. The molecule has 1 saturated carbocycles. The van der Waals surface area contributed by atoms with E-state index in [1.807, 2.05) is 6.08 Å². The Morgan fingerprint density at radius 3 is 2.78 bits per heavy atom. The van der Waals surface area contributed by atoms with Crippen molar-refractivity contribution >= 4 is 17.7 Å². The van der Waals surface area contributed by atoms with Gasteiger partial charge in [-0.2, -0.15) is 0 Å².